The molecule has 4 fully saturated rings. The number of rotatable bonds is 0. The smallest absolute Gasteiger partial charge is 0.338 e. The topological polar surface area (TPSA) is 148 Å². The number of hydrogen-bond donors (Lipinski definition) is 6. The summed E-state index contributed by atoms with van der Waals surface area (Å²) in [4.78, 5) is 12.4. The first-order valence-corrected chi connectivity index (χ1v) is 10.2. The van der Waals surface area contributed by atoms with Gasteiger partial charge < -0.3 is 35.4 Å². The summed E-state index contributed by atoms with van der Waals surface area (Å²) in [5.74, 6) is -3.09. The second kappa shape index (κ2) is 5.89. The van der Waals surface area contributed by atoms with Crippen molar-refractivity contribution in [1.82, 2.24) is 0 Å². The lowest BCUT2D eigenvalue weighted by Gasteiger charge is -2.73. The summed E-state index contributed by atoms with van der Waals surface area (Å²) in [5, 5.41) is 65.8. The van der Waals surface area contributed by atoms with Gasteiger partial charge in [0.05, 0.1) is 24.4 Å². The van der Waals surface area contributed by atoms with Gasteiger partial charge in [-0.15, -0.1) is 0 Å². The largest absolute Gasteiger partial charge is 0.460 e. The van der Waals surface area contributed by atoms with Gasteiger partial charge in [-0.1, -0.05) is 27.7 Å². The van der Waals surface area contributed by atoms with Crippen LogP contribution in [0.4, 0.5) is 0 Å². The number of carbonyl (C=O) groups is 1. The number of carbonyl (C=O) groups excluding carboxylic acids is 1. The molecule has 8 nitrogen and oxygen atoms in total. The highest BCUT2D eigenvalue weighted by molar-refractivity contribution is 5.78. The van der Waals surface area contributed by atoms with E-state index in [1.807, 2.05) is 6.92 Å². The molecule has 3 aliphatic carbocycles. The molecule has 4 aliphatic rings. The van der Waals surface area contributed by atoms with Crippen LogP contribution in [-0.2, 0) is 9.53 Å². The number of aliphatic hydroxyl groups excluding tert-OH is 5. The molecule has 0 unspecified atom stereocenters. The van der Waals surface area contributed by atoms with Crippen molar-refractivity contribution < 1.29 is 40.2 Å². The van der Waals surface area contributed by atoms with Crippen LogP contribution >= 0.6 is 0 Å². The molecule has 13 atom stereocenters. The van der Waals surface area contributed by atoms with Crippen LogP contribution in [0.3, 0.4) is 0 Å². The molecule has 1 heterocycles. The molecule has 8 heteroatoms. The third kappa shape index (κ3) is 1.99. The van der Waals surface area contributed by atoms with E-state index >= 15 is 0 Å². The third-order valence-electron chi connectivity index (χ3n) is 9.21. The maximum absolute atomic E-state index is 12.4. The molecular weight excluding hydrogens is 368 g/mol. The van der Waals surface area contributed by atoms with E-state index in [0.717, 1.165) is 0 Å². The predicted octanol–water partition coefficient (Wildman–Crippen LogP) is -1.21. The Labute approximate surface area is 164 Å². The molecule has 0 amide bonds. The lowest BCUT2D eigenvalue weighted by Crippen LogP contribution is -2.84. The summed E-state index contributed by atoms with van der Waals surface area (Å²) in [6.07, 6.45) is -6.90. The normalized spacial score (nSPS) is 63.9. The highest BCUT2D eigenvalue weighted by Gasteiger charge is 2.79. The Morgan fingerprint density at radius 1 is 1.00 bits per heavy atom. The molecule has 0 aromatic heterocycles. The molecule has 0 bridgehead atoms. The predicted molar refractivity (Wildman–Crippen MR) is 95.6 cm³/mol. The maximum Gasteiger partial charge on any atom is 0.338 e. The van der Waals surface area contributed by atoms with Crippen LogP contribution in [0.1, 0.15) is 40.5 Å². The highest BCUT2D eigenvalue weighted by atomic mass is 16.6. The molecule has 0 aromatic rings. The molecule has 28 heavy (non-hydrogen) atoms. The van der Waals surface area contributed by atoms with E-state index in [4.69, 9.17) is 4.74 Å². The van der Waals surface area contributed by atoms with E-state index in [2.05, 4.69) is 0 Å². The molecular formula is C20H32O8. The number of aliphatic hydroxyl groups is 6. The van der Waals surface area contributed by atoms with Gasteiger partial charge in [0.1, 0.15) is 11.7 Å². The SMILES string of the molecule is C[C@H]1C[C@H](O)[C@@H](O)[C@]2(C)[C@H]3[C@@H](O)[C@H](O)[C@H](C)[C@]4(O)[C@@H](O)C(=O)O[C@H](C[C@@H]12)[C@]34C. The zero-order valence-corrected chi connectivity index (χ0v) is 16.7. The monoisotopic (exact) mass is 400 g/mol. The summed E-state index contributed by atoms with van der Waals surface area (Å²) >= 11 is 0. The van der Waals surface area contributed by atoms with Crippen LogP contribution in [-0.4, -0.2) is 78.8 Å². The minimum absolute atomic E-state index is 0.0321. The number of hydrogen-bond acceptors (Lipinski definition) is 8. The van der Waals surface area contributed by atoms with Crippen molar-refractivity contribution in [1.29, 1.82) is 0 Å². The van der Waals surface area contributed by atoms with Crippen molar-refractivity contribution in [3.05, 3.63) is 0 Å². The van der Waals surface area contributed by atoms with Gasteiger partial charge in [0, 0.05) is 22.7 Å². The van der Waals surface area contributed by atoms with E-state index in [9.17, 15) is 35.4 Å². The van der Waals surface area contributed by atoms with Crippen LogP contribution in [0.5, 0.6) is 0 Å². The summed E-state index contributed by atoms with van der Waals surface area (Å²) < 4.78 is 5.56. The van der Waals surface area contributed by atoms with Crippen molar-refractivity contribution in [2.24, 2.45) is 34.5 Å². The third-order valence-corrected chi connectivity index (χ3v) is 9.21. The first-order valence-electron chi connectivity index (χ1n) is 10.2. The summed E-state index contributed by atoms with van der Waals surface area (Å²) in [6.45, 7) is 6.87. The Hall–Kier alpha value is -0.770. The molecule has 1 saturated heterocycles. The minimum Gasteiger partial charge on any atom is -0.460 e. The van der Waals surface area contributed by atoms with Gasteiger partial charge in [0.2, 0.25) is 0 Å². The zero-order valence-electron chi connectivity index (χ0n) is 16.7. The number of esters is 1. The first kappa shape index (κ1) is 20.5. The van der Waals surface area contributed by atoms with Gasteiger partial charge in [-0.25, -0.2) is 4.79 Å². The van der Waals surface area contributed by atoms with Crippen molar-refractivity contribution in [3.63, 3.8) is 0 Å². The van der Waals surface area contributed by atoms with Crippen molar-refractivity contribution in [2.75, 3.05) is 0 Å². The van der Waals surface area contributed by atoms with E-state index in [0.29, 0.717) is 12.8 Å². The van der Waals surface area contributed by atoms with Gasteiger partial charge >= 0.3 is 5.97 Å². The zero-order chi connectivity index (χ0) is 21.0. The van der Waals surface area contributed by atoms with Crippen molar-refractivity contribution >= 4 is 5.97 Å². The summed E-state index contributed by atoms with van der Waals surface area (Å²) in [6, 6.07) is 0. The molecule has 0 aromatic carbocycles. The van der Waals surface area contributed by atoms with E-state index in [1.54, 1.807) is 13.8 Å². The quantitative estimate of drug-likeness (QED) is 0.278. The fourth-order valence-electron chi connectivity index (χ4n) is 7.72. The molecule has 4 rings (SSSR count). The van der Waals surface area contributed by atoms with Gasteiger partial charge in [0.15, 0.2) is 6.10 Å². The standard InChI is InChI=1S/C20H32O8/c1-7-5-10(21)15(24)18(3)9(7)6-11-19(4)14(18)13(23)12(22)8(2)20(19,27)16(25)17(26)28-11/h7-16,21-25,27H,5-6H2,1-4H3/t7-,8-,9-,10-,11+,12+,13-,14+,15+,16-,18-,19+,20-/m0/s1. The van der Waals surface area contributed by atoms with E-state index in [1.165, 1.54) is 6.92 Å². The average Bonchev–Trinajstić information content (AvgIpc) is 2.63. The van der Waals surface area contributed by atoms with E-state index < -0.39 is 70.9 Å². The average molecular weight is 400 g/mol. The minimum atomic E-state index is -2.05. The number of fused-ring (bicyclic) bond motifs is 2. The van der Waals surface area contributed by atoms with Gasteiger partial charge in [-0.3, -0.25) is 0 Å². The first-order chi connectivity index (χ1) is 12.8. The van der Waals surface area contributed by atoms with Gasteiger partial charge in [-0.05, 0) is 24.7 Å². The Balaban J connectivity index is 1.97. The fraction of sp³-hybridized carbons (Fsp3) is 0.950. The fourth-order valence-corrected chi connectivity index (χ4v) is 7.72. The van der Waals surface area contributed by atoms with Crippen LogP contribution in [0.15, 0.2) is 0 Å². The summed E-state index contributed by atoms with van der Waals surface area (Å²) in [5.41, 5.74) is -4.42. The van der Waals surface area contributed by atoms with Gasteiger partial charge in [-0.2, -0.15) is 0 Å². The van der Waals surface area contributed by atoms with Crippen molar-refractivity contribution in [3.8, 4) is 0 Å². The van der Waals surface area contributed by atoms with Crippen LogP contribution in [0.25, 0.3) is 0 Å². The molecule has 3 saturated carbocycles. The second-order valence-electron chi connectivity index (χ2n) is 10.1. The maximum atomic E-state index is 12.4. The molecule has 0 spiro atoms. The van der Waals surface area contributed by atoms with Crippen LogP contribution in [0.2, 0.25) is 0 Å². The molecule has 0 radical (unpaired) electrons. The van der Waals surface area contributed by atoms with Gasteiger partial charge in [0.25, 0.3) is 0 Å². The van der Waals surface area contributed by atoms with Crippen LogP contribution < -0.4 is 0 Å². The second-order valence-corrected chi connectivity index (χ2v) is 10.1. The Kier molecular flexibility index (Phi) is 4.31. The summed E-state index contributed by atoms with van der Waals surface area (Å²) in [7, 11) is 0. The Bertz CT molecular complexity index is 685. The Morgan fingerprint density at radius 3 is 2.21 bits per heavy atom. The lowest BCUT2D eigenvalue weighted by molar-refractivity contribution is -0.369. The van der Waals surface area contributed by atoms with Crippen LogP contribution in [0, 0.1) is 34.5 Å². The molecule has 6 N–H and O–H groups in total. The highest BCUT2D eigenvalue weighted by Crippen LogP contribution is 2.70. The molecule has 1 aliphatic heterocycles. The van der Waals surface area contributed by atoms with E-state index in [-0.39, 0.29) is 11.8 Å². The lowest BCUT2D eigenvalue weighted by atomic mass is 9.35. The number of ether oxygens (including phenoxy) is 1. The molecule has 160 valence electrons. The van der Waals surface area contributed by atoms with Crippen molar-refractivity contribution in [2.45, 2.75) is 82.8 Å². The Morgan fingerprint density at radius 2 is 1.61 bits per heavy atom.